The van der Waals surface area contributed by atoms with Gasteiger partial charge in [-0.15, -0.1) is 0 Å². The molecule has 7 amide bonds. The van der Waals surface area contributed by atoms with E-state index in [1.165, 1.54) is 0 Å². The van der Waals surface area contributed by atoms with Gasteiger partial charge in [0.1, 0.15) is 5.75 Å². The summed E-state index contributed by atoms with van der Waals surface area (Å²) in [6, 6.07) is 5.31. The van der Waals surface area contributed by atoms with E-state index < -0.39 is 65.5 Å². The summed E-state index contributed by atoms with van der Waals surface area (Å²) in [5, 5.41) is 30.5. The van der Waals surface area contributed by atoms with Crippen LogP contribution in [0, 0.1) is 65.1 Å². The number of carbonyl (C=O) groups excluding carboxylic acids is 8. The Morgan fingerprint density at radius 1 is 0.529 bits per heavy atom. The van der Waals surface area contributed by atoms with Crippen molar-refractivity contribution >= 4 is 47.1 Å². The number of ketones is 1. The summed E-state index contributed by atoms with van der Waals surface area (Å²) in [6.07, 6.45) is 0. The Labute approximate surface area is 401 Å². The third kappa shape index (κ3) is 15.7. The number of ether oxygens (including phenoxy) is 1. The molecule has 3 heterocycles. The minimum atomic E-state index is -0.618. The predicted molar refractivity (Wildman–Crippen MR) is 257 cm³/mol. The van der Waals surface area contributed by atoms with Crippen molar-refractivity contribution in [3.05, 3.63) is 29.8 Å². The van der Waals surface area contributed by atoms with Crippen LogP contribution in [0.25, 0.3) is 0 Å². The molecule has 1 aromatic carbocycles. The number of nitrogens with one attached hydrogen (secondary N) is 10. The number of primary amides is 1. The van der Waals surface area contributed by atoms with Crippen LogP contribution in [0.4, 0.5) is 0 Å². The number of nitrogens with two attached hydrogens (primary N) is 1. The van der Waals surface area contributed by atoms with Gasteiger partial charge < -0.3 is 63.6 Å². The van der Waals surface area contributed by atoms with Gasteiger partial charge in [-0.05, 0) is 47.9 Å². The van der Waals surface area contributed by atoms with Gasteiger partial charge in [0, 0.05) is 71.0 Å². The average molecular weight is 954 g/mol. The number of rotatable bonds is 26. The third-order valence-electron chi connectivity index (χ3n) is 13.8. The fraction of sp³-hybridized carbons (Fsp3) is 0.708. The molecule has 20 heteroatoms. The van der Waals surface area contributed by atoms with Crippen molar-refractivity contribution in [1.82, 2.24) is 53.2 Å². The van der Waals surface area contributed by atoms with Crippen LogP contribution in [0.15, 0.2) is 24.3 Å². The van der Waals surface area contributed by atoms with E-state index >= 15 is 0 Å². The first kappa shape index (κ1) is 55.4. The Morgan fingerprint density at radius 3 is 1.19 bits per heavy atom. The maximum Gasteiger partial charge on any atom is 0.226 e. The molecule has 0 bridgehead atoms. The van der Waals surface area contributed by atoms with E-state index in [4.69, 9.17) is 10.5 Å². The van der Waals surface area contributed by atoms with Crippen molar-refractivity contribution in [3.8, 4) is 5.75 Å². The normalized spacial score (nSPS) is 23.1. The van der Waals surface area contributed by atoms with Crippen LogP contribution in [0.5, 0.6) is 5.75 Å². The molecule has 0 saturated carbocycles. The molecule has 3 aliphatic heterocycles. The summed E-state index contributed by atoms with van der Waals surface area (Å²) in [4.78, 5) is 106. The Morgan fingerprint density at radius 2 is 0.868 bits per heavy atom. The fourth-order valence-electron chi connectivity index (χ4n) is 8.99. The van der Waals surface area contributed by atoms with Gasteiger partial charge in [0.2, 0.25) is 41.4 Å². The lowest BCUT2D eigenvalue weighted by Gasteiger charge is -2.28. The van der Waals surface area contributed by atoms with Gasteiger partial charge in [0.05, 0.1) is 73.2 Å². The SMILES string of the molecule is COc1ccc(C(=O)CNCC(C(=O)NC2CNCC2C(=O)NCC(C(=O)NC2CNCC2C(=O)NCC(C(=O)NC2CNCC2C(=O)NCC(C(N)=O)C(C)C)C(C)C)C(C)C)C(C)C)cc1. The molecule has 0 aliphatic carbocycles. The first-order valence-corrected chi connectivity index (χ1v) is 24.3. The second-order valence-electron chi connectivity index (χ2n) is 20.0. The summed E-state index contributed by atoms with van der Waals surface area (Å²) < 4.78 is 5.16. The van der Waals surface area contributed by atoms with Crippen LogP contribution in [0.1, 0.15) is 65.7 Å². The van der Waals surface area contributed by atoms with Crippen molar-refractivity contribution in [2.45, 2.75) is 73.5 Å². The lowest BCUT2D eigenvalue weighted by molar-refractivity contribution is -0.131. The predicted octanol–water partition coefficient (Wildman–Crippen LogP) is -1.50. The third-order valence-corrected chi connectivity index (χ3v) is 13.8. The number of Topliss-reactive ketones (excluding diaryl/α,β-unsaturated/α-hetero) is 1. The Kier molecular flexibility index (Phi) is 21.6. The fourth-order valence-corrected chi connectivity index (χ4v) is 8.99. The van der Waals surface area contributed by atoms with Gasteiger partial charge in [-0.1, -0.05) is 55.4 Å². The van der Waals surface area contributed by atoms with Gasteiger partial charge >= 0.3 is 0 Å². The van der Waals surface area contributed by atoms with Crippen molar-refractivity contribution in [2.24, 2.45) is 70.8 Å². The number of carbonyl (C=O) groups is 8. The molecule has 10 atom stereocenters. The van der Waals surface area contributed by atoms with Crippen molar-refractivity contribution in [1.29, 1.82) is 0 Å². The van der Waals surface area contributed by atoms with Crippen LogP contribution in [-0.4, -0.2) is 144 Å². The first-order valence-electron chi connectivity index (χ1n) is 24.3. The minimum Gasteiger partial charge on any atom is -0.497 e. The lowest BCUT2D eigenvalue weighted by Crippen LogP contribution is -2.53. The molecule has 3 saturated heterocycles. The van der Waals surface area contributed by atoms with E-state index in [2.05, 4.69) is 53.2 Å². The highest BCUT2D eigenvalue weighted by Gasteiger charge is 2.40. The van der Waals surface area contributed by atoms with Crippen LogP contribution >= 0.6 is 0 Å². The maximum atomic E-state index is 13.8. The van der Waals surface area contributed by atoms with E-state index in [9.17, 15) is 38.4 Å². The molecule has 1 aromatic rings. The summed E-state index contributed by atoms with van der Waals surface area (Å²) >= 11 is 0. The van der Waals surface area contributed by atoms with Gasteiger partial charge in [-0.25, -0.2) is 0 Å². The van der Waals surface area contributed by atoms with Crippen LogP contribution < -0.4 is 63.6 Å². The van der Waals surface area contributed by atoms with Gasteiger partial charge in [0.25, 0.3) is 0 Å². The zero-order valence-corrected chi connectivity index (χ0v) is 41.4. The van der Waals surface area contributed by atoms with E-state index in [-0.39, 0.29) is 97.6 Å². The number of methoxy groups -OCH3 is 1. The molecule has 20 nitrogen and oxygen atoms in total. The summed E-state index contributed by atoms with van der Waals surface area (Å²) in [6.45, 7) is 17.8. The van der Waals surface area contributed by atoms with Gasteiger partial charge in [-0.2, -0.15) is 0 Å². The Hall–Kier alpha value is -5.18. The highest BCUT2D eigenvalue weighted by atomic mass is 16.5. The highest BCUT2D eigenvalue weighted by Crippen LogP contribution is 2.20. The smallest absolute Gasteiger partial charge is 0.226 e. The molecular weight excluding hydrogens is 875 g/mol. The number of benzene rings is 1. The van der Waals surface area contributed by atoms with Crippen LogP contribution in [0.3, 0.4) is 0 Å². The molecule has 0 spiro atoms. The molecular formula is C48H79N11O9. The topological polar surface area (TPSA) is 292 Å². The molecule has 0 aromatic heterocycles. The zero-order valence-electron chi connectivity index (χ0n) is 41.4. The number of hydrogen-bond donors (Lipinski definition) is 11. The molecule has 68 heavy (non-hydrogen) atoms. The van der Waals surface area contributed by atoms with Crippen molar-refractivity contribution in [2.75, 3.05) is 79.1 Å². The number of amides is 7. The summed E-state index contributed by atoms with van der Waals surface area (Å²) in [5.74, 6) is -6.06. The Balaban J connectivity index is 1.25. The quantitative estimate of drug-likeness (QED) is 0.0473. The van der Waals surface area contributed by atoms with E-state index in [1.807, 2.05) is 55.4 Å². The minimum absolute atomic E-state index is 0.0463. The molecule has 3 fully saturated rings. The summed E-state index contributed by atoms with van der Waals surface area (Å²) in [5.41, 5.74) is 6.05. The standard InChI is InChI=1S/C48H79N11O9/c1-25(2)31(42(49)61)18-54-43(62)35-15-50-22-39(35)58-47(66)33(27(5)6)20-56-45(64)37-17-52-23-40(37)59-48(67)34(28(7)8)19-55-44(63)36-16-51-21-38(36)57-46(65)32(26(3)4)14-53-24-41(60)29-10-12-30(68-9)13-11-29/h10-13,25-28,31-40,50-53H,14-24H2,1-9H3,(H2,49,61)(H,54,62)(H,55,63)(H,56,64)(H,57,65)(H,58,66)(H,59,67). The zero-order chi connectivity index (χ0) is 50.2. The Bertz CT molecular complexity index is 1900. The van der Waals surface area contributed by atoms with Crippen molar-refractivity contribution in [3.63, 3.8) is 0 Å². The highest BCUT2D eigenvalue weighted by molar-refractivity contribution is 5.97. The molecule has 0 radical (unpaired) electrons. The lowest BCUT2D eigenvalue weighted by atomic mass is 9.92. The maximum absolute atomic E-state index is 13.8. The average Bonchev–Trinajstić information content (AvgIpc) is 4.06. The molecule has 4 rings (SSSR count). The van der Waals surface area contributed by atoms with Crippen LogP contribution in [0.2, 0.25) is 0 Å². The number of hydrogen-bond acceptors (Lipinski definition) is 13. The monoisotopic (exact) mass is 954 g/mol. The van der Waals surface area contributed by atoms with Crippen LogP contribution in [-0.2, 0) is 33.6 Å². The van der Waals surface area contributed by atoms with E-state index in [0.717, 1.165) is 0 Å². The van der Waals surface area contributed by atoms with E-state index in [0.29, 0.717) is 50.6 Å². The van der Waals surface area contributed by atoms with Gasteiger partial charge in [0.15, 0.2) is 5.78 Å². The summed E-state index contributed by atoms with van der Waals surface area (Å²) in [7, 11) is 1.56. The first-order chi connectivity index (χ1) is 32.2. The largest absolute Gasteiger partial charge is 0.497 e. The molecule has 12 N–H and O–H groups in total. The second-order valence-corrected chi connectivity index (χ2v) is 20.0. The van der Waals surface area contributed by atoms with Crippen molar-refractivity contribution < 1.29 is 43.1 Å². The molecule has 3 aliphatic rings. The molecule has 380 valence electrons. The van der Waals surface area contributed by atoms with E-state index in [1.54, 1.807) is 31.4 Å². The molecule has 10 unspecified atom stereocenters. The second kappa shape index (κ2) is 26.5. The van der Waals surface area contributed by atoms with Gasteiger partial charge in [-0.3, -0.25) is 38.4 Å².